The van der Waals surface area contributed by atoms with E-state index in [1.807, 2.05) is 24.3 Å². The monoisotopic (exact) mass is 279 g/mol. The maximum absolute atomic E-state index is 4.52. The van der Waals surface area contributed by atoms with E-state index in [9.17, 15) is 0 Å². The van der Waals surface area contributed by atoms with Crippen molar-refractivity contribution in [2.75, 3.05) is 5.32 Å². The fourth-order valence-corrected chi connectivity index (χ4v) is 2.34. The molecule has 2 aromatic carbocycles. The molecule has 0 aliphatic rings. The van der Waals surface area contributed by atoms with Crippen LogP contribution in [0.25, 0.3) is 11.0 Å². The average molecular weight is 279 g/mol. The molecule has 3 aromatic rings. The van der Waals surface area contributed by atoms with Crippen LogP contribution in [0.1, 0.15) is 31.9 Å². The lowest BCUT2D eigenvalue weighted by molar-refractivity contribution is 0.590. The zero-order valence-corrected chi connectivity index (χ0v) is 12.8. The van der Waals surface area contributed by atoms with Crippen molar-refractivity contribution in [3.05, 3.63) is 59.7 Å². The second-order valence-electron chi connectivity index (χ2n) is 6.40. The molecule has 1 heterocycles. The summed E-state index contributed by atoms with van der Waals surface area (Å²) in [5, 5.41) is 3.34. The molecular weight excluding hydrogens is 258 g/mol. The zero-order chi connectivity index (χ0) is 14.9. The Bertz CT molecular complexity index is 700. The molecule has 108 valence electrons. The topological polar surface area (TPSA) is 40.7 Å². The first kappa shape index (κ1) is 13.7. The number of para-hydroxylation sites is 2. The lowest BCUT2D eigenvalue weighted by atomic mass is 9.87. The summed E-state index contributed by atoms with van der Waals surface area (Å²) in [5.74, 6) is 0.816. The van der Waals surface area contributed by atoms with Gasteiger partial charge in [-0.05, 0) is 28.7 Å². The first-order valence-corrected chi connectivity index (χ1v) is 7.30. The van der Waals surface area contributed by atoms with Gasteiger partial charge in [0.1, 0.15) is 0 Å². The Morgan fingerprint density at radius 1 is 1.00 bits per heavy atom. The minimum absolute atomic E-state index is 0.199. The summed E-state index contributed by atoms with van der Waals surface area (Å²) < 4.78 is 0. The molecule has 21 heavy (non-hydrogen) atoms. The molecule has 0 atom stereocenters. The van der Waals surface area contributed by atoms with Gasteiger partial charge in [0, 0.05) is 6.54 Å². The van der Waals surface area contributed by atoms with Gasteiger partial charge in [-0.2, -0.15) is 0 Å². The fourth-order valence-electron chi connectivity index (χ4n) is 2.34. The van der Waals surface area contributed by atoms with Gasteiger partial charge in [0.2, 0.25) is 5.95 Å². The van der Waals surface area contributed by atoms with Gasteiger partial charge in [-0.15, -0.1) is 0 Å². The van der Waals surface area contributed by atoms with Gasteiger partial charge in [-0.25, -0.2) is 4.98 Å². The number of hydrogen-bond acceptors (Lipinski definition) is 2. The van der Waals surface area contributed by atoms with Gasteiger partial charge in [0.15, 0.2) is 0 Å². The third-order valence-electron chi connectivity index (χ3n) is 3.67. The van der Waals surface area contributed by atoms with Crippen molar-refractivity contribution in [3.63, 3.8) is 0 Å². The SMILES string of the molecule is CC(C)(C)c1ccc(CNc2nc3ccccc3[nH]2)cc1. The number of nitrogens with zero attached hydrogens (tertiary/aromatic N) is 1. The van der Waals surface area contributed by atoms with Gasteiger partial charge in [-0.3, -0.25) is 0 Å². The second kappa shape index (κ2) is 5.24. The molecule has 2 N–H and O–H groups in total. The highest BCUT2D eigenvalue weighted by atomic mass is 15.1. The van der Waals surface area contributed by atoms with Crippen molar-refractivity contribution in [1.29, 1.82) is 0 Å². The van der Waals surface area contributed by atoms with Crippen LogP contribution in [0.15, 0.2) is 48.5 Å². The van der Waals surface area contributed by atoms with Crippen LogP contribution in [0.2, 0.25) is 0 Å². The van der Waals surface area contributed by atoms with Crippen LogP contribution in [0, 0.1) is 0 Å². The van der Waals surface area contributed by atoms with E-state index < -0.39 is 0 Å². The number of imidazole rings is 1. The van der Waals surface area contributed by atoms with E-state index in [-0.39, 0.29) is 5.41 Å². The number of H-pyrrole nitrogens is 1. The molecule has 0 aliphatic heterocycles. The van der Waals surface area contributed by atoms with Crippen molar-refractivity contribution < 1.29 is 0 Å². The maximum Gasteiger partial charge on any atom is 0.201 e. The number of rotatable bonds is 3. The Balaban J connectivity index is 1.69. The average Bonchev–Trinajstić information content (AvgIpc) is 2.87. The highest BCUT2D eigenvalue weighted by Gasteiger charge is 2.12. The van der Waals surface area contributed by atoms with Crippen LogP contribution in [0.4, 0.5) is 5.95 Å². The number of hydrogen-bond donors (Lipinski definition) is 2. The van der Waals surface area contributed by atoms with Crippen molar-refractivity contribution in [2.45, 2.75) is 32.7 Å². The first-order chi connectivity index (χ1) is 10.0. The standard InChI is InChI=1S/C18H21N3/c1-18(2,3)14-10-8-13(9-11-14)12-19-17-20-15-6-4-5-7-16(15)21-17/h4-11H,12H2,1-3H3,(H2,19,20,21). The minimum atomic E-state index is 0.199. The zero-order valence-electron chi connectivity index (χ0n) is 12.8. The quantitative estimate of drug-likeness (QED) is 0.742. The molecule has 0 saturated heterocycles. The lowest BCUT2D eigenvalue weighted by Crippen LogP contribution is -2.11. The number of aromatic nitrogens is 2. The molecule has 0 unspecified atom stereocenters. The molecule has 0 fully saturated rings. The van der Waals surface area contributed by atoms with Gasteiger partial charge in [-0.1, -0.05) is 57.2 Å². The van der Waals surface area contributed by atoms with E-state index in [4.69, 9.17) is 0 Å². The van der Waals surface area contributed by atoms with Crippen LogP contribution < -0.4 is 5.32 Å². The number of fused-ring (bicyclic) bond motifs is 1. The van der Waals surface area contributed by atoms with E-state index >= 15 is 0 Å². The molecule has 0 bridgehead atoms. The Morgan fingerprint density at radius 2 is 1.71 bits per heavy atom. The summed E-state index contributed by atoms with van der Waals surface area (Å²) in [6.45, 7) is 7.46. The molecule has 3 heteroatoms. The summed E-state index contributed by atoms with van der Waals surface area (Å²) in [7, 11) is 0. The molecule has 0 saturated carbocycles. The van der Waals surface area contributed by atoms with E-state index in [0.29, 0.717) is 0 Å². The third-order valence-corrected chi connectivity index (χ3v) is 3.67. The second-order valence-corrected chi connectivity index (χ2v) is 6.40. The molecule has 1 aromatic heterocycles. The summed E-state index contributed by atoms with van der Waals surface area (Å²) in [5.41, 5.74) is 4.86. The van der Waals surface area contributed by atoms with Crippen molar-refractivity contribution in [2.24, 2.45) is 0 Å². The molecule has 0 aliphatic carbocycles. The van der Waals surface area contributed by atoms with E-state index in [0.717, 1.165) is 23.5 Å². The van der Waals surface area contributed by atoms with E-state index in [2.05, 4.69) is 60.3 Å². The molecule has 3 nitrogen and oxygen atoms in total. The molecular formula is C18H21N3. The Labute approximate surface area is 125 Å². The smallest absolute Gasteiger partial charge is 0.201 e. The maximum atomic E-state index is 4.52. The molecule has 0 amide bonds. The van der Waals surface area contributed by atoms with Crippen LogP contribution in [-0.2, 0) is 12.0 Å². The van der Waals surface area contributed by atoms with Gasteiger partial charge < -0.3 is 10.3 Å². The molecule has 3 rings (SSSR count). The number of benzene rings is 2. The van der Waals surface area contributed by atoms with Crippen molar-refractivity contribution in [3.8, 4) is 0 Å². The summed E-state index contributed by atoms with van der Waals surface area (Å²) in [6, 6.07) is 16.8. The van der Waals surface area contributed by atoms with Crippen LogP contribution in [0.3, 0.4) is 0 Å². The van der Waals surface area contributed by atoms with Gasteiger partial charge in [0.25, 0.3) is 0 Å². The van der Waals surface area contributed by atoms with E-state index in [1.165, 1.54) is 11.1 Å². The molecule has 0 radical (unpaired) electrons. The first-order valence-electron chi connectivity index (χ1n) is 7.30. The normalized spacial score (nSPS) is 11.8. The van der Waals surface area contributed by atoms with Crippen molar-refractivity contribution in [1.82, 2.24) is 9.97 Å². The predicted octanol–water partition coefficient (Wildman–Crippen LogP) is 4.47. The summed E-state index contributed by atoms with van der Waals surface area (Å²) in [6.07, 6.45) is 0. The van der Waals surface area contributed by atoms with E-state index in [1.54, 1.807) is 0 Å². The highest BCUT2D eigenvalue weighted by molar-refractivity contribution is 5.77. The summed E-state index contributed by atoms with van der Waals surface area (Å²) in [4.78, 5) is 7.80. The summed E-state index contributed by atoms with van der Waals surface area (Å²) >= 11 is 0. The highest BCUT2D eigenvalue weighted by Crippen LogP contribution is 2.22. The molecule has 0 spiro atoms. The Kier molecular flexibility index (Phi) is 3.42. The Hall–Kier alpha value is -2.29. The minimum Gasteiger partial charge on any atom is -0.352 e. The van der Waals surface area contributed by atoms with Gasteiger partial charge >= 0.3 is 0 Å². The van der Waals surface area contributed by atoms with Gasteiger partial charge in [0.05, 0.1) is 11.0 Å². The third kappa shape index (κ3) is 3.07. The van der Waals surface area contributed by atoms with Crippen LogP contribution in [-0.4, -0.2) is 9.97 Å². The number of nitrogens with one attached hydrogen (secondary N) is 2. The number of aromatic amines is 1. The largest absolute Gasteiger partial charge is 0.352 e. The van der Waals surface area contributed by atoms with Crippen LogP contribution in [0.5, 0.6) is 0 Å². The Morgan fingerprint density at radius 3 is 2.38 bits per heavy atom. The number of anilines is 1. The predicted molar refractivity (Wildman–Crippen MR) is 88.6 cm³/mol. The lowest BCUT2D eigenvalue weighted by Gasteiger charge is -2.19. The van der Waals surface area contributed by atoms with Crippen LogP contribution >= 0.6 is 0 Å². The fraction of sp³-hybridized carbons (Fsp3) is 0.278. The van der Waals surface area contributed by atoms with Crippen molar-refractivity contribution >= 4 is 17.0 Å².